The van der Waals surface area contributed by atoms with E-state index in [4.69, 9.17) is 9.51 Å². The number of hydrogen-bond donors (Lipinski definition) is 4. The van der Waals surface area contributed by atoms with E-state index in [2.05, 4.69) is 87.2 Å². The quantitative estimate of drug-likeness (QED) is 0.120. The number of hydrogen-bond acceptors (Lipinski definition) is 12. The van der Waals surface area contributed by atoms with Crippen molar-refractivity contribution in [2.24, 2.45) is 0 Å². The molecule has 15 nitrogen and oxygen atoms in total. The molecule has 0 unspecified atom stereocenters. The number of aryl methyl sites for hydroxylation is 1. The highest BCUT2D eigenvalue weighted by molar-refractivity contribution is 6.01. The lowest BCUT2D eigenvalue weighted by atomic mass is 9.75. The van der Waals surface area contributed by atoms with Crippen molar-refractivity contribution in [1.29, 1.82) is 0 Å². The first-order valence-electron chi connectivity index (χ1n) is 20.7. The summed E-state index contributed by atoms with van der Waals surface area (Å²) in [4.78, 5) is 63.1. The van der Waals surface area contributed by atoms with E-state index in [1.807, 2.05) is 58.2 Å². The maximum absolute atomic E-state index is 12.7. The predicted molar refractivity (Wildman–Crippen MR) is 227 cm³/mol. The lowest BCUT2D eigenvalue weighted by Gasteiger charge is -2.47. The molecule has 1 saturated carbocycles. The van der Waals surface area contributed by atoms with Gasteiger partial charge in [0.05, 0.1) is 5.69 Å². The number of pyridine rings is 1. The molecule has 0 bridgehead atoms. The Morgan fingerprint density at radius 3 is 2.42 bits per heavy atom. The van der Waals surface area contributed by atoms with Gasteiger partial charge in [0, 0.05) is 84.7 Å². The summed E-state index contributed by atoms with van der Waals surface area (Å²) in [5.41, 5.74) is 8.31. The molecule has 3 aliphatic rings. The van der Waals surface area contributed by atoms with Gasteiger partial charge in [0.15, 0.2) is 5.82 Å². The minimum absolute atomic E-state index is 0.0479. The number of amides is 3. The van der Waals surface area contributed by atoms with Crippen molar-refractivity contribution in [3.63, 3.8) is 0 Å². The maximum Gasteiger partial charge on any atom is 0.315 e. The van der Waals surface area contributed by atoms with Gasteiger partial charge in [-0.1, -0.05) is 50.2 Å². The molecule has 0 radical (unpaired) electrons. The van der Waals surface area contributed by atoms with Crippen molar-refractivity contribution < 1.29 is 18.9 Å². The third-order valence-electron chi connectivity index (χ3n) is 12.1. The molecule has 15 heteroatoms. The topological polar surface area (TPSA) is 187 Å². The number of fused-ring (bicyclic) bond motifs is 1. The molecule has 0 spiro atoms. The summed E-state index contributed by atoms with van der Waals surface area (Å²) in [5, 5.41) is 13.4. The largest absolute Gasteiger partial charge is 0.374 e. The van der Waals surface area contributed by atoms with Crippen molar-refractivity contribution in [2.75, 3.05) is 36.4 Å². The smallest absolute Gasteiger partial charge is 0.315 e. The van der Waals surface area contributed by atoms with Crippen molar-refractivity contribution in [2.45, 2.75) is 83.3 Å². The van der Waals surface area contributed by atoms with Crippen LogP contribution in [0.5, 0.6) is 0 Å². The highest BCUT2D eigenvalue weighted by atomic mass is 16.5. The molecular formula is C45H49N11O4. The minimum Gasteiger partial charge on any atom is -0.374 e. The van der Waals surface area contributed by atoms with E-state index in [0.29, 0.717) is 37.2 Å². The highest BCUT2D eigenvalue weighted by Gasteiger charge is 2.36. The van der Waals surface area contributed by atoms with Gasteiger partial charge in [0.1, 0.15) is 23.8 Å². The number of carbonyl (C=O) groups is 3. The molecule has 4 N–H and O–H groups in total. The van der Waals surface area contributed by atoms with Gasteiger partial charge in [-0.25, -0.2) is 15.0 Å². The number of anilines is 2. The SMILES string of the molecule is Cc1cc(-c2ncnc3[nH]c(-c4ccc(N5CCN(C6CC(c7ccc(N[C@@H]8CCC(=O)NC8=O)cc7)C6)CC5)nc4)cc23)ccc1CNC(=O)c1nc(C(C)(C)C)no1. The lowest BCUT2D eigenvalue weighted by Crippen LogP contribution is -2.53. The Morgan fingerprint density at radius 2 is 1.72 bits per heavy atom. The van der Waals surface area contributed by atoms with Gasteiger partial charge < -0.3 is 25.0 Å². The van der Waals surface area contributed by atoms with Crippen LogP contribution in [0.4, 0.5) is 11.5 Å². The number of benzene rings is 2. The van der Waals surface area contributed by atoms with Gasteiger partial charge in [-0.15, -0.1) is 0 Å². The number of nitrogens with one attached hydrogen (secondary N) is 4. The molecule has 9 rings (SSSR count). The standard InChI is InChI=1S/C45H49N11O4/c1-26-19-28(5-6-29(26)23-47-42(59)43-53-44(54-60-43)45(2,3)4)39-34-22-36(51-40(34)49-25-48-39)30-9-13-37(46-24-30)56-17-15-55(16-18-56)33-20-31(21-33)27-7-10-32(11-8-27)50-35-12-14-38(57)52-41(35)58/h5-11,13,19,22,24-25,31,33,35,50H,12,14-18,20-21,23H2,1-4H3,(H,47,59)(H,48,49,51)(H,52,57,58)/t31?,33?,35-/m1/s1. The fourth-order valence-electron chi connectivity index (χ4n) is 8.33. The summed E-state index contributed by atoms with van der Waals surface area (Å²) >= 11 is 0. The first-order valence-corrected chi connectivity index (χ1v) is 20.7. The second kappa shape index (κ2) is 15.9. The van der Waals surface area contributed by atoms with Crippen molar-refractivity contribution in [3.05, 3.63) is 102 Å². The van der Waals surface area contributed by atoms with Crippen molar-refractivity contribution in [1.82, 2.24) is 45.6 Å². The maximum atomic E-state index is 12.7. The fraction of sp³-hybridized carbons (Fsp3) is 0.378. The van der Waals surface area contributed by atoms with Crippen LogP contribution in [0.1, 0.15) is 85.6 Å². The van der Waals surface area contributed by atoms with Crippen LogP contribution in [0.2, 0.25) is 0 Å². The average molecular weight is 808 g/mol. The molecule has 3 fully saturated rings. The molecule has 6 heterocycles. The van der Waals surface area contributed by atoms with E-state index in [9.17, 15) is 14.4 Å². The monoisotopic (exact) mass is 807 g/mol. The van der Waals surface area contributed by atoms with Gasteiger partial charge in [0.2, 0.25) is 11.8 Å². The average Bonchev–Trinajstić information content (AvgIpc) is 3.91. The summed E-state index contributed by atoms with van der Waals surface area (Å²) in [5.74, 6) is 1.09. The Balaban J connectivity index is 0.774. The number of H-pyrrole nitrogens is 1. The Morgan fingerprint density at radius 1 is 0.933 bits per heavy atom. The zero-order valence-electron chi connectivity index (χ0n) is 34.3. The van der Waals surface area contributed by atoms with Crippen LogP contribution in [-0.4, -0.2) is 91.0 Å². The second-order valence-corrected chi connectivity index (χ2v) is 17.2. The first kappa shape index (κ1) is 39.0. The Bertz CT molecular complexity index is 2540. The van der Waals surface area contributed by atoms with Gasteiger partial charge >= 0.3 is 11.8 Å². The number of piperidine rings is 1. The summed E-state index contributed by atoms with van der Waals surface area (Å²) in [7, 11) is 0. The second-order valence-electron chi connectivity index (χ2n) is 17.2. The number of carbonyl (C=O) groups excluding carboxylic acids is 3. The molecule has 2 aliphatic heterocycles. The van der Waals surface area contributed by atoms with Gasteiger partial charge in [-0.3, -0.25) is 24.6 Å². The van der Waals surface area contributed by atoms with Crippen LogP contribution in [0.3, 0.4) is 0 Å². The molecule has 1 aliphatic carbocycles. The van der Waals surface area contributed by atoms with Crippen LogP contribution in [-0.2, 0) is 21.5 Å². The van der Waals surface area contributed by atoms with Gasteiger partial charge in [-0.05, 0) is 85.2 Å². The number of piperazine rings is 1. The summed E-state index contributed by atoms with van der Waals surface area (Å²) in [6, 6.07) is 21.0. The molecule has 4 aromatic heterocycles. The van der Waals surface area contributed by atoms with Crippen LogP contribution < -0.4 is 20.9 Å². The lowest BCUT2D eigenvalue weighted by molar-refractivity contribution is -0.133. The number of aromatic nitrogens is 6. The van der Waals surface area contributed by atoms with Crippen LogP contribution in [0, 0.1) is 6.92 Å². The van der Waals surface area contributed by atoms with E-state index in [0.717, 1.165) is 95.2 Å². The molecular weight excluding hydrogens is 759 g/mol. The molecule has 308 valence electrons. The molecule has 2 aromatic carbocycles. The molecule has 2 saturated heterocycles. The van der Waals surface area contributed by atoms with E-state index < -0.39 is 5.91 Å². The van der Waals surface area contributed by atoms with E-state index in [1.165, 1.54) is 5.56 Å². The number of nitrogens with zero attached hydrogens (tertiary/aromatic N) is 7. The zero-order chi connectivity index (χ0) is 41.5. The van der Waals surface area contributed by atoms with Crippen LogP contribution in [0.25, 0.3) is 33.5 Å². The third-order valence-corrected chi connectivity index (χ3v) is 12.1. The predicted octanol–water partition coefficient (Wildman–Crippen LogP) is 5.89. The number of rotatable bonds is 10. The molecule has 3 amide bonds. The highest BCUT2D eigenvalue weighted by Crippen LogP contribution is 2.41. The molecule has 60 heavy (non-hydrogen) atoms. The van der Waals surface area contributed by atoms with Gasteiger partial charge in [0.25, 0.3) is 0 Å². The van der Waals surface area contributed by atoms with E-state index in [1.54, 1.807) is 6.33 Å². The zero-order valence-corrected chi connectivity index (χ0v) is 34.3. The minimum atomic E-state index is -0.410. The van der Waals surface area contributed by atoms with Crippen molar-refractivity contribution >= 4 is 40.3 Å². The van der Waals surface area contributed by atoms with Crippen molar-refractivity contribution in [3.8, 4) is 22.5 Å². The summed E-state index contributed by atoms with van der Waals surface area (Å²) < 4.78 is 5.19. The van der Waals surface area contributed by atoms with Crippen LogP contribution >= 0.6 is 0 Å². The number of imide groups is 1. The third kappa shape index (κ3) is 8.09. The number of aromatic amines is 1. The van der Waals surface area contributed by atoms with E-state index in [-0.39, 0.29) is 29.2 Å². The summed E-state index contributed by atoms with van der Waals surface area (Å²) in [6.45, 7) is 12.1. The van der Waals surface area contributed by atoms with E-state index >= 15 is 0 Å². The fourth-order valence-corrected chi connectivity index (χ4v) is 8.33. The Kier molecular flexibility index (Phi) is 10.4. The molecule has 6 aromatic rings. The Hall–Kier alpha value is -6.48. The summed E-state index contributed by atoms with van der Waals surface area (Å²) in [6.07, 6.45) is 6.68. The normalized spacial score (nSPS) is 19.9. The molecule has 1 atom stereocenters. The first-order chi connectivity index (χ1) is 28.9. The van der Waals surface area contributed by atoms with Crippen LogP contribution in [0.15, 0.2) is 77.7 Å². The Labute approximate surface area is 347 Å². The van der Waals surface area contributed by atoms with Gasteiger partial charge in [-0.2, -0.15) is 4.98 Å².